The maximum atomic E-state index is 12.1. The van der Waals surface area contributed by atoms with Gasteiger partial charge in [-0.25, -0.2) is 14.6 Å². The quantitative estimate of drug-likeness (QED) is 0.639. The second kappa shape index (κ2) is 7.60. The Morgan fingerprint density at radius 3 is 2.09 bits per heavy atom. The van der Waals surface area contributed by atoms with Crippen molar-refractivity contribution >= 4 is 18.5 Å². The van der Waals surface area contributed by atoms with Crippen LogP contribution in [-0.2, 0) is 9.63 Å². The van der Waals surface area contributed by atoms with Gasteiger partial charge in [0.05, 0.1) is 5.56 Å². The summed E-state index contributed by atoms with van der Waals surface area (Å²) < 4.78 is 5.05. The lowest BCUT2D eigenvalue weighted by Crippen LogP contribution is -2.46. The molecule has 0 fully saturated rings. The van der Waals surface area contributed by atoms with Crippen LogP contribution in [0.15, 0.2) is 60.7 Å². The van der Waals surface area contributed by atoms with Crippen molar-refractivity contribution in [2.24, 2.45) is 0 Å². The first kappa shape index (κ1) is 16.0. The van der Waals surface area contributed by atoms with E-state index in [0.29, 0.717) is 11.6 Å². The summed E-state index contributed by atoms with van der Waals surface area (Å²) in [6.45, 7) is 0. The number of carbonyl (C=O) groups excluding carboxylic acids is 3. The van der Waals surface area contributed by atoms with Gasteiger partial charge in [0, 0.05) is 7.05 Å². The van der Waals surface area contributed by atoms with E-state index >= 15 is 0 Å². The molecule has 118 valence electrons. The number of amides is 2. The van der Waals surface area contributed by atoms with Gasteiger partial charge in [-0.1, -0.05) is 36.4 Å². The molecule has 7 heteroatoms. The summed E-state index contributed by atoms with van der Waals surface area (Å²) >= 11 is 0. The maximum Gasteiger partial charge on any atom is 0.469 e. The number of hydrazine groups is 1. The standard InChI is InChI=1S/C16H14N2O5/c1-17(12-19)18(16(21)22-14-10-6-3-7-11-14)23-15(20)13-8-4-2-5-9-13/h2-12H,1H3. The van der Waals surface area contributed by atoms with E-state index in [9.17, 15) is 14.4 Å². The zero-order valence-electron chi connectivity index (χ0n) is 12.3. The summed E-state index contributed by atoms with van der Waals surface area (Å²) in [6.07, 6.45) is -0.722. The Morgan fingerprint density at radius 2 is 1.52 bits per heavy atom. The van der Waals surface area contributed by atoms with E-state index in [4.69, 9.17) is 9.57 Å². The van der Waals surface area contributed by atoms with E-state index in [0.717, 1.165) is 5.01 Å². The van der Waals surface area contributed by atoms with Crippen LogP contribution in [0.1, 0.15) is 10.4 Å². The number of rotatable bonds is 4. The van der Waals surface area contributed by atoms with Crippen molar-refractivity contribution in [3.63, 3.8) is 0 Å². The predicted molar refractivity (Wildman–Crippen MR) is 80.0 cm³/mol. The van der Waals surface area contributed by atoms with Gasteiger partial charge >= 0.3 is 12.1 Å². The lowest BCUT2D eigenvalue weighted by atomic mass is 10.2. The molecule has 0 atom stereocenters. The molecule has 0 saturated heterocycles. The van der Waals surface area contributed by atoms with Crippen molar-refractivity contribution in [3.05, 3.63) is 66.2 Å². The molecule has 0 spiro atoms. The summed E-state index contributed by atoms with van der Waals surface area (Å²) in [7, 11) is 1.25. The summed E-state index contributed by atoms with van der Waals surface area (Å²) in [5, 5.41) is 1.20. The lowest BCUT2D eigenvalue weighted by molar-refractivity contribution is -0.196. The van der Waals surface area contributed by atoms with Crippen molar-refractivity contribution < 1.29 is 24.0 Å². The van der Waals surface area contributed by atoms with Gasteiger partial charge in [-0.3, -0.25) is 4.79 Å². The molecule has 2 aromatic carbocycles. The molecule has 2 aromatic rings. The monoisotopic (exact) mass is 314 g/mol. The van der Waals surface area contributed by atoms with E-state index in [2.05, 4.69) is 0 Å². The highest BCUT2D eigenvalue weighted by Gasteiger charge is 2.25. The number of ether oxygens (including phenoxy) is 1. The van der Waals surface area contributed by atoms with E-state index in [1.807, 2.05) is 0 Å². The third kappa shape index (κ3) is 4.31. The molecule has 7 nitrogen and oxygen atoms in total. The first-order valence-corrected chi connectivity index (χ1v) is 6.64. The first-order chi connectivity index (χ1) is 11.1. The molecule has 0 radical (unpaired) electrons. The number of hydrogen-bond donors (Lipinski definition) is 0. The first-order valence-electron chi connectivity index (χ1n) is 6.64. The average Bonchev–Trinajstić information content (AvgIpc) is 2.60. The largest absolute Gasteiger partial charge is 0.469 e. The Morgan fingerprint density at radius 1 is 0.957 bits per heavy atom. The van der Waals surface area contributed by atoms with Crippen LogP contribution in [0, 0.1) is 0 Å². The second-order valence-corrected chi connectivity index (χ2v) is 4.38. The minimum atomic E-state index is -1.03. The van der Waals surface area contributed by atoms with Crippen LogP contribution in [0.4, 0.5) is 4.79 Å². The number of nitrogens with zero attached hydrogens (tertiary/aromatic N) is 2. The molecule has 0 N–H and O–H groups in total. The Bertz CT molecular complexity index is 675. The van der Waals surface area contributed by atoms with E-state index < -0.39 is 12.1 Å². The lowest BCUT2D eigenvalue weighted by Gasteiger charge is -2.25. The van der Waals surface area contributed by atoms with Gasteiger partial charge in [0.1, 0.15) is 5.75 Å². The highest BCUT2D eigenvalue weighted by atomic mass is 16.8. The Labute approximate surface area is 132 Å². The molecule has 23 heavy (non-hydrogen) atoms. The van der Waals surface area contributed by atoms with Crippen LogP contribution in [-0.4, -0.2) is 35.7 Å². The molecule has 0 aliphatic heterocycles. The van der Waals surface area contributed by atoms with Crippen molar-refractivity contribution in [3.8, 4) is 5.75 Å². The fourth-order valence-electron chi connectivity index (χ4n) is 1.61. The second-order valence-electron chi connectivity index (χ2n) is 4.38. The van der Waals surface area contributed by atoms with Crippen LogP contribution < -0.4 is 4.74 Å². The molecule has 0 aromatic heterocycles. The van der Waals surface area contributed by atoms with Crippen LogP contribution >= 0.6 is 0 Å². The number of para-hydroxylation sites is 1. The Balaban J connectivity index is 2.12. The molecule has 2 rings (SSSR count). The fraction of sp³-hybridized carbons (Fsp3) is 0.0625. The number of benzene rings is 2. The van der Waals surface area contributed by atoms with Crippen LogP contribution in [0.3, 0.4) is 0 Å². The van der Waals surface area contributed by atoms with Crippen LogP contribution in [0.2, 0.25) is 0 Å². The smallest absolute Gasteiger partial charge is 0.407 e. The van der Waals surface area contributed by atoms with Crippen molar-refractivity contribution in [1.82, 2.24) is 10.2 Å². The van der Waals surface area contributed by atoms with Gasteiger partial charge in [-0.15, -0.1) is 0 Å². The summed E-state index contributed by atoms with van der Waals surface area (Å²) in [5.74, 6) is -0.554. The van der Waals surface area contributed by atoms with Gasteiger partial charge < -0.3 is 9.57 Å². The fourth-order valence-corrected chi connectivity index (χ4v) is 1.61. The highest BCUT2D eigenvalue weighted by Crippen LogP contribution is 2.12. The van der Waals surface area contributed by atoms with Gasteiger partial charge in [0.2, 0.25) is 6.41 Å². The minimum absolute atomic E-state index is 0.226. The van der Waals surface area contributed by atoms with E-state index in [1.54, 1.807) is 48.5 Å². The van der Waals surface area contributed by atoms with E-state index in [-0.39, 0.29) is 11.3 Å². The van der Waals surface area contributed by atoms with Crippen molar-refractivity contribution in [2.75, 3.05) is 7.05 Å². The molecule has 0 aliphatic rings. The Hall–Kier alpha value is -3.35. The molecule has 0 heterocycles. The third-order valence-corrected chi connectivity index (χ3v) is 2.72. The molecule has 0 saturated carbocycles. The zero-order valence-corrected chi connectivity index (χ0v) is 12.3. The van der Waals surface area contributed by atoms with Crippen molar-refractivity contribution in [2.45, 2.75) is 0 Å². The molecular weight excluding hydrogens is 300 g/mol. The van der Waals surface area contributed by atoms with Gasteiger partial charge in [-0.2, -0.15) is 0 Å². The summed E-state index contributed by atoms with van der Waals surface area (Å²) in [6, 6.07) is 16.3. The normalized spacial score (nSPS) is 9.61. The SMILES string of the molecule is CN(C=O)N(OC(=O)c1ccccc1)C(=O)Oc1ccccc1. The van der Waals surface area contributed by atoms with E-state index in [1.165, 1.54) is 19.2 Å². The van der Waals surface area contributed by atoms with Gasteiger partial charge in [0.25, 0.3) is 0 Å². The number of hydrogen-bond acceptors (Lipinski definition) is 5. The highest BCUT2D eigenvalue weighted by molar-refractivity contribution is 5.90. The zero-order chi connectivity index (χ0) is 16.7. The number of carbonyl (C=O) groups is 3. The number of hydroxylamine groups is 1. The molecule has 2 amide bonds. The van der Waals surface area contributed by atoms with Gasteiger partial charge in [-0.05, 0) is 29.4 Å². The topological polar surface area (TPSA) is 76.2 Å². The molecule has 0 aliphatic carbocycles. The van der Waals surface area contributed by atoms with Gasteiger partial charge in [0.15, 0.2) is 0 Å². The van der Waals surface area contributed by atoms with Crippen LogP contribution in [0.5, 0.6) is 5.75 Å². The third-order valence-electron chi connectivity index (χ3n) is 2.72. The molecular formula is C16H14N2O5. The maximum absolute atomic E-state index is 12.1. The minimum Gasteiger partial charge on any atom is -0.407 e. The Kier molecular flexibility index (Phi) is 5.30. The molecule has 0 bridgehead atoms. The summed E-state index contributed by atoms with van der Waals surface area (Å²) in [4.78, 5) is 40.0. The predicted octanol–water partition coefficient (Wildman–Crippen LogP) is 2.26. The average molecular weight is 314 g/mol. The van der Waals surface area contributed by atoms with Crippen LogP contribution in [0.25, 0.3) is 0 Å². The van der Waals surface area contributed by atoms with Crippen molar-refractivity contribution in [1.29, 1.82) is 0 Å². The summed E-state index contributed by atoms with van der Waals surface area (Å²) in [5.41, 5.74) is 0.226. The molecule has 0 unspecified atom stereocenters.